The number of benzene rings is 1. The van der Waals surface area contributed by atoms with Gasteiger partial charge in [-0.15, -0.1) is 0 Å². The fourth-order valence-electron chi connectivity index (χ4n) is 2.03. The largest absolute Gasteiger partial charge is 0.378 e. The molecule has 0 radical (unpaired) electrons. The number of hydrogen-bond donors (Lipinski definition) is 3. The van der Waals surface area contributed by atoms with Gasteiger partial charge in [0.15, 0.2) is 0 Å². The lowest BCUT2D eigenvalue weighted by molar-refractivity contribution is -0.122. The molecule has 1 aromatic rings. The van der Waals surface area contributed by atoms with Gasteiger partial charge in [-0.2, -0.15) is 0 Å². The second kappa shape index (κ2) is 7.02. The van der Waals surface area contributed by atoms with Gasteiger partial charge < -0.3 is 21.1 Å². The molecule has 0 aromatic heterocycles. The summed E-state index contributed by atoms with van der Waals surface area (Å²) in [5.74, 6) is -0.476. The Bertz CT molecular complexity index is 467. The molecule has 0 bridgehead atoms. The van der Waals surface area contributed by atoms with E-state index in [-0.39, 0.29) is 11.9 Å². The number of nitrogens with two attached hydrogens (primary N) is 1. The van der Waals surface area contributed by atoms with Gasteiger partial charge in [0, 0.05) is 31.1 Å². The molecule has 0 aliphatic carbocycles. The Balaban J connectivity index is 1.76. The summed E-state index contributed by atoms with van der Waals surface area (Å²) < 4.78 is 5.30. The molecular formula is C14H19N3O3. The van der Waals surface area contributed by atoms with Crippen LogP contribution in [0.3, 0.4) is 0 Å². The van der Waals surface area contributed by atoms with Crippen LogP contribution >= 0.6 is 0 Å². The summed E-state index contributed by atoms with van der Waals surface area (Å²) in [6, 6.07) is 6.95. The first kappa shape index (κ1) is 14.5. The van der Waals surface area contributed by atoms with Crippen LogP contribution in [-0.2, 0) is 16.1 Å². The van der Waals surface area contributed by atoms with Crippen molar-refractivity contribution >= 4 is 11.8 Å². The standard InChI is InChI=1S/C14H19N3O3/c15-14(19)11-3-1-10(2-4-11)8-17-13(18)7-12-9-20-6-5-16-12/h1-4,12,16H,5-9H2,(H2,15,19)(H,17,18). The smallest absolute Gasteiger partial charge is 0.248 e. The van der Waals surface area contributed by atoms with Gasteiger partial charge in [-0.3, -0.25) is 9.59 Å². The maximum atomic E-state index is 11.8. The molecule has 1 unspecified atom stereocenters. The molecule has 4 N–H and O–H groups in total. The summed E-state index contributed by atoms with van der Waals surface area (Å²) in [5, 5.41) is 6.08. The van der Waals surface area contributed by atoms with Crippen LogP contribution in [0.5, 0.6) is 0 Å². The number of rotatable bonds is 5. The van der Waals surface area contributed by atoms with Crippen LogP contribution in [-0.4, -0.2) is 37.6 Å². The van der Waals surface area contributed by atoms with Crippen molar-refractivity contribution in [1.29, 1.82) is 0 Å². The highest BCUT2D eigenvalue weighted by atomic mass is 16.5. The van der Waals surface area contributed by atoms with E-state index in [4.69, 9.17) is 10.5 Å². The van der Waals surface area contributed by atoms with Crippen molar-refractivity contribution in [2.75, 3.05) is 19.8 Å². The Hall–Kier alpha value is -1.92. The summed E-state index contributed by atoms with van der Waals surface area (Å²) >= 11 is 0. The van der Waals surface area contributed by atoms with Gasteiger partial charge in [0.1, 0.15) is 0 Å². The Kier molecular flexibility index (Phi) is 5.09. The van der Waals surface area contributed by atoms with E-state index >= 15 is 0 Å². The third-order valence-electron chi connectivity index (χ3n) is 3.16. The van der Waals surface area contributed by atoms with E-state index in [0.29, 0.717) is 31.7 Å². The summed E-state index contributed by atoms with van der Waals surface area (Å²) in [5.41, 5.74) is 6.55. The SMILES string of the molecule is NC(=O)c1ccc(CNC(=O)CC2COCCN2)cc1. The van der Waals surface area contributed by atoms with Gasteiger partial charge >= 0.3 is 0 Å². The van der Waals surface area contributed by atoms with Gasteiger partial charge in [0.25, 0.3) is 0 Å². The van der Waals surface area contributed by atoms with E-state index in [1.165, 1.54) is 0 Å². The minimum Gasteiger partial charge on any atom is -0.378 e. The molecule has 1 aliphatic rings. The summed E-state index contributed by atoms with van der Waals surface area (Å²) in [4.78, 5) is 22.7. The van der Waals surface area contributed by atoms with Crippen molar-refractivity contribution in [3.8, 4) is 0 Å². The van der Waals surface area contributed by atoms with Crippen LogP contribution in [0, 0.1) is 0 Å². The molecular weight excluding hydrogens is 258 g/mol. The molecule has 20 heavy (non-hydrogen) atoms. The van der Waals surface area contributed by atoms with E-state index in [2.05, 4.69) is 10.6 Å². The number of morpholine rings is 1. The number of amides is 2. The Labute approximate surface area is 117 Å². The van der Waals surface area contributed by atoms with Crippen LogP contribution < -0.4 is 16.4 Å². The lowest BCUT2D eigenvalue weighted by Crippen LogP contribution is -2.44. The maximum Gasteiger partial charge on any atom is 0.248 e. The van der Waals surface area contributed by atoms with Gasteiger partial charge in [0.05, 0.1) is 13.2 Å². The average molecular weight is 277 g/mol. The Morgan fingerprint density at radius 1 is 1.35 bits per heavy atom. The Morgan fingerprint density at radius 3 is 2.70 bits per heavy atom. The summed E-state index contributed by atoms with van der Waals surface area (Å²) in [7, 11) is 0. The second-order valence-corrected chi connectivity index (χ2v) is 4.77. The predicted octanol–water partition coefficient (Wildman–Crippen LogP) is -0.220. The van der Waals surface area contributed by atoms with E-state index < -0.39 is 5.91 Å². The van der Waals surface area contributed by atoms with E-state index in [0.717, 1.165) is 12.1 Å². The van der Waals surface area contributed by atoms with Crippen molar-refractivity contribution in [2.45, 2.75) is 19.0 Å². The number of carbonyl (C=O) groups is 2. The average Bonchev–Trinajstić information content (AvgIpc) is 2.46. The van der Waals surface area contributed by atoms with Gasteiger partial charge in [-0.1, -0.05) is 12.1 Å². The van der Waals surface area contributed by atoms with Crippen molar-refractivity contribution in [2.24, 2.45) is 5.73 Å². The summed E-state index contributed by atoms with van der Waals surface area (Å²) in [6.07, 6.45) is 0.402. The van der Waals surface area contributed by atoms with Crippen LogP contribution in [0.15, 0.2) is 24.3 Å². The van der Waals surface area contributed by atoms with Crippen LogP contribution in [0.2, 0.25) is 0 Å². The fourth-order valence-corrected chi connectivity index (χ4v) is 2.03. The highest BCUT2D eigenvalue weighted by Gasteiger charge is 2.16. The minimum absolute atomic E-state index is 0.0213. The minimum atomic E-state index is -0.455. The van der Waals surface area contributed by atoms with Crippen LogP contribution in [0.25, 0.3) is 0 Å². The molecule has 2 amide bonds. The molecule has 0 saturated carbocycles. The molecule has 108 valence electrons. The molecule has 2 rings (SSSR count). The third kappa shape index (κ3) is 4.32. The molecule has 0 spiro atoms. The summed E-state index contributed by atoms with van der Waals surface area (Å²) in [6.45, 7) is 2.49. The zero-order chi connectivity index (χ0) is 14.4. The van der Waals surface area contributed by atoms with Crippen LogP contribution in [0.1, 0.15) is 22.3 Å². The van der Waals surface area contributed by atoms with E-state index in [9.17, 15) is 9.59 Å². The molecule has 1 aliphatic heterocycles. The number of hydrogen-bond acceptors (Lipinski definition) is 4. The molecule has 1 heterocycles. The maximum absolute atomic E-state index is 11.8. The molecule has 1 aromatic carbocycles. The van der Waals surface area contributed by atoms with Crippen LogP contribution in [0.4, 0.5) is 0 Å². The van der Waals surface area contributed by atoms with Gasteiger partial charge in [-0.05, 0) is 17.7 Å². The number of primary amides is 1. The van der Waals surface area contributed by atoms with Gasteiger partial charge in [0.2, 0.25) is 11.8 Å². The number of ether oxygens (including phenoxy) is 1. The predicted molar refractivity (Wildman–Crippen MR) is 74.0 cm³/mol. The molecule has 1 atom stereocenters. The molecule has 6 nitrogen and oxygen atoms in total. The van der Waals surface area contributed by atoms with Crippen molar-refractivity contribution in [3.05, 3.63) is 35.4 Å². The molecule has 1 saturated heterocycles. The van der Waals surface area contributed by atoms with Crippen molar-refractivity contribution in [1.82, 2.24) is 10.6 Å². The highest BCUT2D eigenvalue weighted by molar-refractivity contribution is 5.92. The topological polar surface area (TPSA) is 93.5 Å². The highest BCUT2D eigenvalue weighted by Crippen LogP contribution is 2.04. The quantitative estimate of drug-likeness (QED) is 0.693. The first-order valence-corrected chi connectivity index (χ1v) is 6.62. The normalized spacial score (nSPS) is 18.5. The van der Waals surface area contributed by atoms with Crippen molar-refractivity contribution < 1.29 is 14.3 Å². The first-order valence-electron chi connectivity index (χ1n) is 6.62. The fraction of sp³-hybridized carbons (Fsp3) is 0.429. The lowest BCUT2D eigenvalue weighted by Gasteiger charge is -2.23. The number of nitrogens with one attached hydrogen (secondary N) is 2. The van der Waals surface area contributed by atoms with E-state index in [1.807, 2.05) is 0 Å². The molecule has 1 fully saturated rings. The lowest BCUT2D eigenvalue weighted by atomic mass is 10.1. The van der Waals surface area contributed by atoms with E-state index in [1.54, 1.807) is 24.3 Å². The van der Waals surface area contributed by atoms with Crippen molar-refractivity contribution in [3.63, 3.8) is 0 Å². The zero-order valence-electron chi connectivity index (χ0n) is 11.2. The third-order valence-corrected chi connectivity index (χ3v) is 3.16. The van der Waals surface area contributed by atoms with Gasteiger partial charge in [-0.25, -0.2) is 0 Å². The monoisotopic (exact) mass is 277 g/mol. The Morgan fingerprint density at radius 2 is 2.10 bits per heavy atom. The molecule has 6 heteroatoms. The zero-order valence-corrected chi connectivity index (χ0v) is 11.2. The first-order chi connectivity index (χ1) is 9.65. The second-order valence-electron chi connectivity index (χ2n) is 4.77. The number of carbonyl (C=O) groups excluding carboxylic acids is 2.